The topological polar surface area (TPSA) is 98.9 Å². The van der Waals surface area contributed by atoms with E-state index in [9.17, 15) is 14.4 Å². The van der Waals surface area contributed by atoms with Crippen LogP contribution < -0.4 is 16.6 Å². The van der Waals surface area contributed by atoms with Gasteiger partial charge < -0.3 is 5.32 Å². The Hall–Kier alpha value is -3.26. The van der Waals surface area contributed by atoms with Crippen molar-refractivity contribution in [3.63, 3.8) is 0 Å². The molecule has 2 aromatic heterocycles. The summed E-state index contributed by atoms with van der Waals surface area (Å²) in [5.41, 5.74) is -0.748. The maximum Gasteiger partial charge on any atom is 0.352 e. The van der Waals surface area contributed by atoms with Crippen molar-refractivity contribution in [2.45, 2.75) is 20.4 Å². The van der Waals surface area contributed by atoms with Crippen LogP contribution in [0, 0.1) is 5.92 Å². The van der Waals surface area contributed by atoms with E-state index in [0.29, 0.717) is 22.8 Å². The fraction of sp³-hybridized carbons (Fsp3) is 0.250. The number of carbonyl (C=O) groups excluding carboxylic acids is 1. The van der Waals surface area contributed by atoms with Gasteiger partial charge in [0.15, 0.2) is 0 Å². The number of benzene rings is 1. The fourth-order valence-corrected chi connectivity index (χ4v) is 2.73. The molecule has 150 valence electrons. The molecular weight excluding hydrogens is 394 g/mol. The van der Waals surface area contributed by atoms with Crippen molar-refractivity contribution in [1.29, 1.82) is 0 Å². The third-order valence-corrected chi connectivity index (χ3v) is 4.33. The number of halogens is 1. The van der Waals surface area contributed by atoms with E-state index in [2.05, 4.69) is 15.4 Å². The molecule has 29 heavy (non-hydrogen) atoms. The van der Waals surface area contributed by atoms with Crippen LogP contribution in [-0.2, 0) is 6.54 Å². The number of amides is 1. The minimum absolute atomic E-state index is 0.0356. The van der Waals surface area contributed by atoms with Crippen molar-refractivity contribution in [2.24, 2.45) is 5.92 Å². The number of aromatic nitrogens is 4. The van der Waals surface area contributed by atoms with E-state index in [4.69, 9.17) is 11.6 Å². The van der Waals surface area contributed by atoms with Crippen molar-refractivity contribution >= 4 is 17.5 Å². The van der Waals surface area contributed by atoms with Gasteiger partial charge in [-0.3, -0.25) is 19.1 Å². The van der Waals surface area contributed by atoms with Crippen molar-refractivity contribution < 1.29 is 4.79 Å². The Morgan fingerprint density at radius 3 is 2.52 bits per heavy atom. The Kier molecular flexibility index (Phi) is 6.23. The Balaban J connectivity index is 2.15. The zero-order chi connectivity index (χ0) is 21.0. The molecule has 3 rings (SSSR count). The van der Waals surface area contributed by atoms with Gasteiger partial charge in [0.25, 0.3) is 11.5 Å². The van der Waals surface area contributed by atoms with Crippen LogP contribution in [0.5, 0.6) is 0 Å². The summed E-state index contributed by atoms with van der Waals surface area (Å²) in [4.78, 5) is 42.5. The Morgan fingerprint density at radius 2 is 1.90 bits per heavy atom. The molecule has 9 heteroatoms. The van der Waals surface area contributed by atoms with Crippen molar-refractivity contribution in [2.75, 3.05) is 6.54 Å². The van der Waals surface area contributed by atoms with Crippen LogP contribution >= 0.6 is 11.6 Å². The molecule has 0 saturated heterocycles. The second kappa shape index (κ2) is 8.83. The lowest BCUT2D eigenvalue weighted by Gasteiger charge is -2.13. The lowest BCUT2D eigenvalue weighted by Crippen LogP contribution is -2.46. The number of rotatable bonds is 6. The first kappa shape index (κ1) is 20.5. The highest BCUT2D eigenvalue weighted by Crippen LogP contribution is 2.11. The standard InChI is InChI=1S/C20H20ClN5O3/c1-13(2)10-23-18(27)17-19(28)25(12-14-4-3-9-22-11-14)20(29)26(24-17)16-7-5-15(21)6-8-16/h3-9,11,13H,10,12H2,1-2H3,(H,23,27). The molecule has 2 heterocycles. The van der Waals surface area contributed by atoms with E-state index in [1.165, 1.54) is 0 Å². The van der Waals surface area contributed by atoms with Gasteiger partial charge in [0.05, 0.1) is 12.2 Å². The molecule has 0 saturated carbocycles. The van der Waals surface area contributed by atoms with E-state index in [0.717, 1.165) is 9.25 Å². The summed E-state index contributed by atoms with van der Waals surface area (Å²) in [6, 6.07) is 9.82. The Morgan fingerprint density at radius 1 is 1.17 bits per heavy atom. The quantitative estimate of drug-likeness (QED) is 0.665. The molecule has 0 aliphatic heterocycles. The number of pyridine rings is 1. The number of nitrogens with zero attached hydrogens (tertiary/aromatic N) is 4. The molecule has 0 unspecified atom stereocenters. The van der Waals surface area contributed by atoms with Gasteiger partial charge in [-0.05, 0) is 41.8 Å². The molecule has 8 nitrogen and oxygen atoms in total. The van der Waals surface area contributed by atoms with Crippen molar-refractivity contribution in [3.05, 3.63) is 85.9 Å². The van der Waals surface area contributed by atoms with E-state index in [1.807, 2.05) is 13.8 Å². The molecule has 0 fully saturated rings. The van der Waals surface area contributed by atoms with Gasteiger partial charge >= 0.3 is 5.69 Å². The molecule has 0 radical (unpaired) electrons. The molecule has 0 aliphatic rings. The molecule has 0 bridgehead atoms. The maximum absolute atomic E-state index is 13.0. The average molecular weight is 414 g/mol. The lowest BCUT2D eigenvalue weighted by atomic mass is 10.2. The van der Waals surface area contributed by atoms with Crippen LogP contribution in [0.25, 0.3) is 5.69 Å². The van der Waals surface area contributed by atoms with Crippen molar-refractivity contribution in [3.8, 4) is 5.69 Å². The fourth-order valence-electron chi connectivity index (χ4n) is 2.60. The van der Waals surface area contributed by atoms with E-state index in [-0.39, 0.29) is 18.2 Å². The Labute approximate surface area is 171 Å². The third-order valence-electron chi connectivity index (χ3n) is 4.08. The van der Waals surface area contributed by atoms with Crippen LogP contribution in [0.3, 0.4) is 0 Å². The van der Waals surface area contributed by atoms with Crippen molar-refractivity contribution in [1.82, 2.24) is 24.6 Å². The van der Waals surface area contributed by atoms with E-state index in [1.54, 1.807) is 48.8 Å². The summed E-state index contributed by atoms with van der Waals surface area (Å²) in [6.07, 6.45) is 3.15. The normalized spacial score (nSPS) is 10.9. The molecule has 0 spiro atoms. The summed E-state index contributed by atoms with van der Waals surface area (Å²) in [5, 5.41) is 7.21. The smallest absolute Gasteiger partial charge is 0.350 e. The summed E-state index contributed by atoms with van der Waals surface area (Å²) < 4.78 is 2.00. The SMILES string of the molecule is CC(C)CNC(=O)c1nn(-c2ccc(Cl)cc2)c(=O)n(Cc2cccnc2)c1=O. The minimum atomic E-state index is -0.759. The van der Waals surface area contributed by atoms with Gasteiger partial charge in [-0.25, -0.2) is 4.79 Å². The second-order valence-electron chi connectivity index (χ2n) is 6.88. The monoisotopic (exact) mass is 413 g/mol. The van der Waals surface area contributed by atoms with Crippen LogP contribution in [0.4, 0.5) is 0 Å². The summed E-state index contributed by atoms with van der Waals surface area (Å²) in [7, 11) is 0. The maximum atomic E-state index is 13.0. The highest BCUT2D eigenvalue weighted by atomic mass is 35.5. The first-order valence-electron chi connectivity index (χ1n) is 9.04. The van der Waals surface area contributed by atoms with Crippen LogP contribution in [0.15, 0.2) is 58.4 Å². The van der Waals surface area contributed by atoms with Gasteiger partial charge in [-0.1, -0.05) is 31.5 Å². The largest absolute Gasteiger partial charge is 0.352 e. The molecule has 1 N–H and O–H groups in total. The van der Waals surface area contributed by atoms with Crippen LogP contribution in [-0.4, -0.2) is 31.8 Å². The molecule has 1 aromatic carbocycles. The number of carbonyl (C=O) groups is 1. The number of hydrogen-bond donors (Lipinski definition) is 1. The minimum Gasteiger partial charge on any atom is -0.350 e. The highest BCUT2D eigenvalue weighted by Gasteiger charge is 2.20. The molecule has 0 aliphatic carbocycles. The number of nitrogens with one attached hydrogen (secondary N) is 1. The summed E-state index contributed by atoms with van der Waals surface area (Å²) in [5.74, 6) is -0.440. The second-order valence-corrected chi connectivity index (χ2v) is 7.31. The molecular formula is C20H20ClN5O3. The first-order valence-corrected chi connectivity index (χ1v) is 9.42. The average Bonchev–Trinajstić information content (AvgIpc) is 2.71. The Bertz CT molecular complexity index is 1120. The van der Waals surface area contributed by atoms with Gasteiger partial charge in [-0.15, -0.1) is 0 Å². The predicted octanol–water partition coefficient (Wildman–Crippen LogP) is 1.88. The molecule has 3 aromatic rings. The zero-order valence-corrected chi connectivity index (χ0v) is 16.8. The van der Waals surface area contributed by atoms with Gasteiger partial charge in [0.1, 0.15) is 0 Å². The molecule has 0 atom stereocenters. The van der Waals surface area contributed by atoms with Gasteiger partial charge in [-0.2, -0.15) is 9.78 Å². The van der Waals surface area contributed by atoms with Gasteiger partial charge in [0, 0.05) is 24.0 Å². The lowest BCUT2D eigenvalue weighted by molar-refractivity contribution is 0.0939. The first-order chi connectivity index (χ1) is 13.9. The van der Waals surface area contributed by atoms with Crippen LogP contribution in [0.1, 0.15) is 29.9 Å². The predicted molar refractivity (Wildman–Crippen MR) is 110 cm³/mol. The van der Waals surface area contributed by atoms with Crippen LogP contribution in [0.2, 0.25) is 5.02 Å². The third kappa shape index (κ3) is 4.78. The number of hydrogen-bond acceptors (Lipinski definition) is 5. The van der Waals surface area contributed by atoms with E-state index >= 15 is 0 Å². The zero-order valence-electron chi connectivity index (χ0n) is 16.0. The summed E-state index contributed by atoms with van der Waals surface area (Å²) in [6.45, 7) is 4.21. The highest BCUT2D eigenvalue weighted by molar-refractivity contribution is 6.30. The van der Waals surface area contributed by atoms with E-state index < -0.39 is 17.2 Å². The molecule has 1 amide bonds. The van der Waals surface area contributed by atoms with Gasteiger partial charge in [0.2, 0.25) is 5.69 Å². The summed E-state index contributed by atoms with van der Waals surface area (Å²) >= 11 is 5.92.